The van der Waals surface area contributed by atoms with Crippen LogP contribution in [0.1, 0.15) is 29.0 Å². The Kier molecular flexibility index (Phi) is 6.26. The van der Waals surface area contributed by atoms with E-state index in [1.165, 1.54) is 16.2 Å². The van der Waals surface area contributed by atoms with Crippen molar-refractivity contribution in [2.75, 3.05) is 19.8 Å². The van der Waals surface area contributed by atoms with E-state index in [1.54, 1.807) is 38.4 Å². The van der Waals surface area contributed by atoms with Crippen LogP contribution in [0, 0.1) is 0 Å². The number of pyridine rings is 1. The van der Waals surface area contributed by atoms with Crippen LogP contribution in [0.4, 0.5) is 4.79 Å². The number of thiophene rings is 1. The fraction of sp³-hybridized carbons (Fsp3) is 0.333. The van der Waals surface area contributed by atoms with Gasteiger partial charge in [0, 0.05) is 42.8 Å². The Morgan fingerprint density at radius 1 is 1.14 bits per heavy atom. The smallest absolute Gasteiger partial charge is 0.410 e. The van der Waals surface area contributed by atoms with Gasteiger partial charge < -0.3 is 9.64 Å². The zero-order valence-corrected chi connectivity index (χ0v) is 21.9. The van der Waals surface area contributed by atoms with Crippen molar-refractivity contribution in [2.45, 2.75) is 31.6 Å². The molecule has 0 aliphatic carbocycles. The van der Waals surface area contributed by atoms with Gasteiger partial charge in [-0.1, -0.05) is 23.7 Å². The number of likely N-dealkylation sites (tertiary alicyclic amines) is 1. The highest BCUT2D eigenvalue weighted by Gasteiger charge is 2.32. The molecule has 1 saturated heterocycles. The number of carbonyl (C=O) groups excluding carboxylic acids is 3. The van der Waals surface area contributed by atoms with Gasteiger partial charge in [0.1, 0.15) is 10.6 Å². The highest BCUT2D eigenvalue weighted by molar-refractivity contribution is 7.90. The average Bonchev–Trinajstić information content (AvgIpc) is 3.32. The SMILES string of the molecule is CN(C)C(=O)Oc1ccc(-c2c(Cl)c(CN3C(=O)CCC3=O)nc3sc4c(c23)CCS(=O)(=O)C4)cc1. The Balaban J connectivity index is 1.65. The molecule has 2 aromatic heterocycles. The molecule has 2 aliphatic rings. The quantitative estimate of drug-likeness (QED) is 0.456. The molecule has 1 fully saturated rings. The molecule has 0 N–H and O–H groups in total. The second-order valence-electron chi connectivity index (χ2n) is 8.93. The number of rotatable bonds is 4. The van der Waals surface area contributed by atoms with E-state index in [0.717, 1.165) is 20.7 Å². The lowest BCUT2D eigenvalue weighted by Gasteiger charge is -2.18. The summed E-state index contributed by atoms with van der Waals surface area (Å²) in [4.78, 5) is 44.9. The molecular formula is C24H22ClN3O6S2. The molecule has 0 radical (unpaired) electrons. The van der Waals surface area contributed by atoms with Crippen LogP contribution in [0.15, 0.2) is 24.3 Å². The van der Waals surface area contributed by atoms with Gasteiger partial charge in [-0.15, -0.1) is 11.3 Å². The molecule has 0 bridgehead atoms. The number of carbonyl (C=O) groups is 3. The average molecular weight is 548 g/mol. The summed E-state index contributed by atoms with van der Waals surface area (Å²) >= 11 is 8.20. The van der Waals surface area contributed by atoms with Crippen molar-refractivity contribution >= 4 is 60.9 Å². The maximum Gasteiger partial charge on any atom is 0.414 e. The molecular weight excluding hydrogens is 526 g/mol. The van der Waals surface area contributed by atoms with Gasteiger partial charge in [0.05, 0.1) is 28.8 Å². The molecule has 1 aromatic carbocycles. The Hall–Kier alpha value is -3.02. The van der Waals surface area contributed by atoms with E-state index in [0.29, 0.717) is 38.8 Å². The predicted octanol–water partition coefficient (Wildman–Crippen LogP) is 3.80. The largest absolute Gasteiger partial charge is 0.414 e. The number of hydrogen-bond donors (Lipinski definition) is 0. The first-order valence-electron chi connectivity index (χ1n) is 11.2. The van der Waals surface area contributed by atoms with Gasteiger partial charge in [-0.3, -0.25) is 14.5 Å². The first-order valence-corrected chi connectivity index (χ1v) is 14.2. The summed E-state index contributed by atoms with van der Waals surface area (Å²) in [7, 11) is -0.0297. The van der Waals surface area contributed by atoms with E-state index in [2.05, 4.69) is 0 Å². The molecule has 12 heteroatoms. The maximum atomic E-state index is 12.3. The third-order valence-corrected chi connectivity index (χ3v) is 9.49. The number of imide groups is 1. The topological polar surface area (TPSA) is 114 Å². The van der Waals surface area contributed by atoms with Crippen molar-refractivity contribution in [3.05, 3.63) is 45.4 Å². The number of halogens is 1. The summed E-state index contributed by atoms with van der Waals surface area (Å²) in [6, 6.07) is 6.82. The van der Waals surface area contributed by atoms with E-state index in [4.69, 9.17) is 21.3 Å². The number of aromatic nitrogens is 1. The summed E-state index contributed by atoms with van der Waals surface area (Å²) in [6.07, 6.45) is 0.152. The van der Waals surface area contributed by atoms with Gasteiger partial charge >= 0.3 is 6.09 Å². The number of ether oxygens (including phenoxy) is 1. The summed E-state index contributed by atoms with van der Waals surface area (Å²) in [5.74, 6) is -0.212. The van der Waals surface area contributed by atoms with Crippen molar-refractivity contribution in [3.63, 3.8) is 0 Å². The molecule has 4 heterocycles. The van der Waals surface area contributed by atoms with E-state index in [1.807, 2.05) is 0 Å². The van der Waals surface area contributed by atoms with Crippen molar-refractivity contribution in [1.29, 1.82) is 0 Å². The minimum atomic E-state index is -3.20. The van der Waals surface area contributed by atoms with E-state index in [-0.39, 0.29) is 42.7 Å². The lowest BCUT2D eigenvalue weighted by molar-refractivity contribution is -0.139. The zero-order chi connectivity index (χ0) is 25.8. The predicted molar refractivity (Wildman–Crippen MR) is 136 cm³/mol. The van der Waals surface area contributed by atoms with Gasteiger partial charge in [0.2, 0.25) is 11.8 Å². The highest BCUT2D eigenvalue weighted by atomic mass is 35.5. The molecule has 36 heavy (non-hydrogen) atoms. The van der Waals surface area contributed by atoms with Gasteiger partial charge in [-0.2, -0.15) is 0 Å². The van der Waals surface area contributed by atoms with Crippen molar-refractivity contribution in [3.8, 4) is 16.9 Å². The summed E-state index contributed by atoms with van der Waals surface area (Å²) in [5.41, 5.74) is 2.63. The third kappa shape index (κ3) is 4.46. The lowest BCUT2D eigenvalue weighted by Crippen LogP contribution is -2.29. The Morgan fingerprint density at radius 2 is 1.81 bits per heavy atom. The van der Waals surface area contributed by atoms with Gasteiger partial charge in [-0.05, 0) is 29.7 Å². The highest BCUT2D eigenvalue weighted by Crippen LogP contribution is 2.45. The first-order chi connectivity index (χ1) is 17.0. The Bertz CT molecular complexity index is 1510. The van der Waals surface area contributed by atoms with E-state index in [9.17, 15) is 22.8 Å². The number of aryl methyl sites for hydroxylation is 1. The number of fused-ring (bicyclic) bond motifs is 3. The van der Waals surface area contributed by atoms with Crippen LogP contribution in [0.25, 0.3) is 21.3 Å². The summed E-state index contributed by atoms with van der Waals surface area (Å²) < 4.78 is 29.9. The van der Waals surface area contributed by atoms with Crippen molar-refractivity contribution in [1.82, 2.24) is 14.8 Å². The third-order valence-electron chi connectivity index (χ3n) is 6.22. The number of amides is 3. The maximum absolute atomic E-state index is 12.3. The van der Waals surface area contributed by atoms with Gasteiger partial charge in [0.15, 0.2) is 9.84 Å². The van der Waals surface area contributed by atoms with Crippen LogP contribution < -0.4 is 4.74 Å². The van der Waals surface area contributed by atoms with Crippen LogP contribution >= 0.6 is 22.9 Å². The molecule has 188 valence electrons. The Morgan fingerprint density at radius 3 is 2.44 bits per heavy atom. The molecule has 2 aliphatic heterocycles. The number of sulfone groups is 1. The van der Waals surface area contributed by atoms with Crippen LogP contribution in [-0.4, -0.2) is 61.0 Å². The second kappa shape index (κ2) is 9.13. The second-order valence-corrected chi connectivity index (χ2v) is 12.6. The van der Waals surface area contributed by atoms with Gasteiger partial charge in [0.25, 0.3) is 0 Å². The van der Waals surface area contributed by atoms with Crippen LogP contribution in [0.2, 0.25) is 5.02 Å². The fourth-order valence-electron chi connectivity index (χ4n) is 4.38. The minimum Gasteiger partial charge on any atom is -0.410 e. The Labute approximate surface area is 216 Å². The van der Waals surface area contributed by atoms with Crippen molar-refractivity contribution < 1.29 is 27.5 Å². The van der Waals surface area contributed by atoms with Crippen LogP contribution in [-0.2, 0) is 38.1 Å². The van der Waals surface area contributed by atoms with Crippen molar-refractivity contribution in [2.24, 2.45) is 0 Å². The molecule has 3 amide bonds. The van der Waals surface area contributed by atoms with Gasteiger partial charge in [-0.25, -0.2) is 18.2 Å². The number of hydrogen-bond acceptors (Lipinski definition) is 8. The normalized spacial score (nSPS) is 16.9. The lowest BCUT2D eigenvalue weighted by atomic mass is 9.97. The summed E-state index contributed by atoms with van der Waals surface area (Å²) in [6.45, 7) is -0.0567. The van der Waals surface area contributed by atoms with Crippen LogP contribution in [0.3, 0.4) is 0 Å². The molecule has 0 unspecified atom stereocenters. The first kappa shape index (κ1) is 24.7. The standard InChI is InChI=1S/C24H22ClN3O6S2/c1-27(2)24(31)34-14-5-3-13(4-6-14)20-21-15-9-10-36(32,33)12-17(15)35-23(21)26-16(22(20)25)11-28-18(29)7-8-19(28)30/h3-6H,7-12H2,1-2H3. The van der Waals surface area contributed by atoms with E-state index < -0.39 is 15.9 Å². The van der Waals surface area contributed by atoms with Crippen LogP contribution in [0.5, 0.6) is 5.75 Å². The molecule has 5 rings (SSSR count). The fourth-order valence-corrected chi connectivity index (χ4v) is 7.73. The molecule has 3 aromatic rings. The minimum absolute atomic E-state index is 0.0425. The molecule has 0 spiro atoms. The van der Waals surface area contributed by atoms with E-state index >= 15 is 0 Å². The zero-order valence-electron chi connectivity index (χ0n) is 19.5. The molecule has 0 saturated carbocycles. The monoisotopic (exact) mass is 547 g/mol. The number of benzene rings is 1. The molecule has 9 nitrogen and oxygen atoms in total. The molecule has 0 atom stereocenters. The summed E-state index contributed by atoms with van der Waals surface area (Å²) in [5, 5.41) is 1.07. The number of nitrogens with zero attached hydrogens (tertiary/aromatic N) is 3.